The number of aryl methyl sites for hydroxylation is 1. The molecule has 146 valence electrons. The van der Waals surface area contributed by atoms with E-state index in [1.165, 1.54) is 18.4 Å². The smallest absolute Gasteiger partial charge is 0.220 e. The van der Waals surface area contributed by atoms with Crippen molar-refractivity contribution in [3.63, 3.8) is 0 Å². The first-order chi connectivity index (χ1) is 13.7. The van der Waals surface area contributed by atoms with E-state index < -0.39 is 0 Å². The number of nitrogens with one attached hydrogen (secondary N) is 1. The lowest BCUT2D eigenvalue weighted by atomic mass is 10.0. The Hall–Kier alpha value is -2.96. The fourth-order valence-corrected chi connectivity index (χ4v) is 3.57. The molecule has 1 atom stereocenters. The van der Waals surface area contributed by atoms with Crippen molar-refractivity contribution in [3.8, 4) is 0 Å². The monoisotopic (exact) mass is 378 g/mol. The molecule has 7 heteroatoms. The highest BCUT2D eigenvalue weighted by molar-refractivity contribution is 5.76. The molecule has 0 unspecified atom stereocenters. The van der Waals surface area contributed by atoms with E-state index in [0.29, 0.717) is 19.4 Å². The number of fused-ring (bicyclic) bond motifs is 1. The number of hydrogen-bond donors (Lipinski definition) is 1. The number of nitrogens with zero attached hydrogens (tertiary/aromatic N) is 5. The van der Waals surface area contributed by atoms with Crippen LogP contribution in [-0.4, -0.2) is 45.4 Å². The van der Waals surface area contributed by atoms with Gasteiger partial charge >= 0.3 is 0 Å². The van der Waals surface area contributed by atoms with Gasteiger partial charge in [0.05, 0.1) is 0 Å². The molecule has 7 nitrogen and oxygen atoms in total. The van der Waals surface area contributed by atoms with E-state index in [2.05, 4.69) is 39.5 Å². The second-order valence-electron chi connectivity index (χ2n) is 7.39. The largest absolute Gasteiger partial charge is 0.355 e. The number of carbonyl (C=O) groups is 1. The maximum absolute atomic E-state index is 12.3. The van der Waals surface area contributed by atoms with Crippen molar-refractivity contribution in [1.29, 1.82) is 0 Å². The molecular weight excluding hydrogens is 352 g/mol. The van der Waals surface area contributed by atoms with E-state index in [-0.39, 0.29) is 11.8 Å². The quantitative estimate of drug-likeness (QED) is 0.684. The second-order valence-corrected chi connectivity index (χ2v) is 7.39. The van der Waals surface area contributed by atoms with E-state index in [9.17, 15) is 4.79 Å². The van der Waals surface area contributed by atoms with Crippen molar-refractivity contribution < 1.29 is 4.79 Å². The van der Waals surface area contributed by atoms with E-state index in [4.69, 9.17) is 5.10 Å². The number of rotatable bonds is 7. The summed E-state index contributed by atoms with van der Waals surface area (Å²) in [5.74, 6) is 1.98. The summed E-state index contributed by atoms with van der Waals surface area (Å²) in [4.78, 5) is 14.6. The highest BCUT2D eigenvalue weighted by atomic mass is 16.1. The van der Waals surface area contributed by atoms with Crippen LogP contribution in [0.15, 0.2) is 42.5 Å². The number of aromatic nitrogens is 4. The van der Waals surface area contributed by atoms with Gasteiger partial charge < -0.3 is 10.2 Å². The molecule has 1 N–H and O–H groups in total. The zero-order valence-corrected chi connectivity index (χ0v) is 16.2. The molecule has 28 heavy (non-hydrogen) atoms. The summed E-state index contributed by atoms with van der Waals surface area (Å²) in [7, 11) is 0. The first kappa shape index (κ1) is 18.4. The molecule has 0 bridgehead atoms. The Labute approximate surface area is 164 Å². The number of anilines is 1. The Morgan fingerprint density at radius 2 is 1.89 bits per heavy atom. The minimum absolute atomic E-state index is 0.0234. The van der Waals surface area contributed by atoms with E-state index in [1.54, 1.807) is 4.52 Å². The van der Waals surface area contributed by atoms with Crippen LogP contribution in [-0.2, 0) is 11.2 Å². The van der Waals surface area contributed by atoms with Gasteiger partial charge in [0.25, 0.3) is 0 Å². The normalized spacial score (nSPS) is 15.1. The molecule has 0 spiro atoms. The van der Waals surface area contributed by atoms with Crippen molar-refractivity contribution in [2.45, 2.75) is 38.5 Å². The van der Waals surface area contributed by atoms with E-state index >= 15 is 0 Å². The third-order valence-electron chi connectivity index (χ3n) is 5.29. The molecule has 0 radical (unpaired) electrons. The molecule has 1 aromatic carbocycles. The molecule has 4 rings (SSSR count). The number of hydrogen-bond acceptors (Lipinski definition) is 5. The van der Waals surface area contributed by atoms with Crippen LogP contribution in [0.5, 0.6) is 0 Å². The first-order valence-corrected chi connectivity index (χ1v) is 9.98. The number of carbonyl (C=O) groups excluding carboxylic acids is 1. The summed E-state index contributed by atoms with van der Waals surface area (Å²) in [6.45, 7) is 4.82. The van der Waals surface area contributed by atoms with Gasteiger partial charge in [-0.3, -0.25) is 4.79 Å². The van der Waals surface area contributed by atoms with Crippen molar-refractivity contribution in [1.82, 2.24) is 25.1 Å². The van der Waals surface area contributed by atoms with Crippen molar-refractivity contribution in [2.24, 2.45) is 0 Å². The molecule has 3 aromatic rings. The van der Waals surface area contributed by atoms with Crippen LogP contribution in [0, 0.1) is 0 Å². The van der Waals surface area contributed by atoms with Crippen LogP contribution in [0.25, 0.3) is 5.65 Å². The summed E-state index contributed by atoms with van der Waals surface area (Å²) < 4.78 is 1.77. The van der Waals surface area contributed by atoms with Gasteiger partial charge in [-0.25, -0.2) is 0 Å². The van der Waals surface area contributed by atoms with Gasteiger partial charge in [0.15, 0.2) is 11.5 Å². The van der Waals surface area contributed by atoms with Crippen LogP contribution in [0.1, 0.15) is 43.5 Å². The lowest BCUT2D eigenvalue weighted by molar-refractivity contribution is -0.121. The minimum atomic E-state index is 0.0234. The zero-order valence-electron chi connectivity index (χ0n) is 16.2. The van der Waals surface area contributed by atoms with Crippen LogP contribution >= 0.6 is 0 Å². The molecule has 1 aliphatic heterocycles. The molecule has 0 saturated carbocycles. The maximum Gasteiger partial charge on any atom is 0.220 e. The van der Waals surface area contributed by atoms with Gasteiger partial charge in [0, 0.05) is 32.5 Å². The number of amides is 1. The third-order valence-corrected chi connectivity index (χ3v) is 5.29. The molecule has 1 aliphatic rings. The van der Waals surface area contributed by atoms with Crippen LogP contribution in [0.2, 0.25) is 0 Å². The van der Waals surface area contributed by atoms with Crippen LogP contribution in [0.3, 0.4) is 0 Å². The Bertz CT molecular complexity index is 932. The molecule has 1 amide bonds. The van der Waals surface area contributed by atoms with E-state index in [0.717, 1.165) is 30.4 Å². The summed E-state index contributed by atoms with van der Waals surface area (Å²) >= 11 is 0. The van der Waals surface area contributed by atoms with Gasteiger partial charge in [-0.2, -0.15) is 4.52 Å². The summed E-state index contributed by atoms with van der Waals surface area (Å²) in [5, 5.41) is 16.1. The summed E-state index contributed by atoms with van der Waals surface area (Å²) in [5.41, 5.74) is 1.95. The molecule has 1 fully saturated rings. The second kappa shape index (κ2) is 8.37. The third kappa shape index (κ3) is 4.13. The van der Waals surface area contributed by atoms with Gasteiger partial charge in [-0.1, -0.05) is 37.3 Å². The van der Waals surface area contributed by atoms with Crippen LogP contribution < -0.4 is 10.2 Å². The fourth-order valence-electron chi connectivity index (χ4n) is 3.57. The summed E-state index contributed by atoms with van der Waals surface area (Å²) in [6.07, 6.45) is 3.30. The minimum Gasteiger partial charge on any atom is -0.355 e. The Morgan fingerprint density at radius 1 is 1.11 bits per heavy atom. The number of benzene rings is 1. The SMILES string of the molecule is C[C@H](CNC(=O)CCc1nnc2ccc(N3CCCC3)nn12)c1ccccc1. The molecule has 1 saturated heterocycles. The highest BCUT2D eigenvalue weighted by Crippen LogP contribution is 2.18. The fraction of sp³-hybridized carbons (Fsp3) is 0.429. The standard InChI is InChI=1S/C21H26N6O/c1-16(17-7-3-2-4-8-17)15-22-21(28)12-11-19-24-23-18-9-10-20(25-27(18)19)26-13-5-6-14-26/h2-4,7-10,16H,5-6,11-15H2,1H3,(H,22,28)/t16-/m1/s1. The lowest BCUT2D eigenvalue weighted by Gasteiger charge is -2.15. The van der Waals surface area contributed by atoms with Crippen molar-refractivity contribution in [3.05, 3.63) is 53.9 Å². The van der Waals surface area contributed by atoms with Crippen LogP contribution in [0.4, 0.5) is 5.82 Å². The Morgan fingerprint density at radius 3 is 2.68 bits per heavy atom. The predicted molar refractivity (Wildman–Crippen MR) is 108 cm³/mol. The maximum atomic E-state index is 12.3. The van der Waals surface area contributed by atoms with Gasteiger partial charge in [-0.15, -0.1) is 15.3 Å². The molecule has 0 aliphatic carbocycles. The first-order valence-electron chi connectivity index (χ1n) is 9.98. The Balaban J connectivity index is 1.34. The van der Waals surface area contributed by atoms with E-state index in [1.807, 2.05) is 30.3 Å². The highest BCUT2D eigenvalue weighted by Gasteiger charge is 2.16. The van der Waals surface area contributed by atoms with Crippen molar-refractivity contribution >= 4 is 17.4 Å². The van der Waals surface area contributed by atoms with Gasteiger partial charge in [0.2, 0.25) is 5.91 Å². The molecular formula is C21H26N6O. The zero-order chi connectivity index (χ0) is 19.3. The molecule has 3 heterocycles. The topological polar surface area (TPSA) is 75.4 Å². The van der Waals surface area contributed by atoms with Crippen molar-refractivity contribution in [2.75, 3.05) is 24.5 Å². The predicted octanol–water partition coefficient (Wildman–Crippen LogP) is 2.58. The van der Waals surface area contributed by atoms with Gasteiger partial charge in [0.1, 0.15) is 5.82 Å². The summed E-state index contributed by atoms with van der Waals surface area (Å²) in [6, 6.07) is 14.2. The van der Waals surface area contributed by atoms with Gasteiger partial charge in [-0.05, 0) is 36.5 Å². The lowest BCUT2D eigenvalue weighted by Crippen LogP contribution is -2.28. The average Bonchev–Trinajstić information content (AvgIpc) is 3.40. The average molecular weight is 378 g/mol. The Kier molecular flexibility index (Phi) is 5.50. The molecule has 2 aromatic heterocycles.